The third kappa shape index (κ3) is 2.05. The molecule has 0 fully saturated rings. The van der Waals surface area contributed by atoms with E-state index < -0.39 is 11.2 Å². The molecule has 6 heteroatoms. The van der Waals surface area contributed by atoms with E-state index >= 15 is 0 Å². The minimum Gasteiger partial charge on any atom is -0.385 e. The van der Waals surface area contributed by atoms with Gasteiger partial charge in [0.1, 0.15) is 0 Å². The van der Waals surface area contributed by atoms with Gasteiger partial charge in [0.25, 0.3) is 0 Å². The Bertz CT molecular complexity index is 269. The zero-order valence-electron chi connectivity index (χ0n) is 5.20. The van der Waals surface area contributed by atoms with E-state index in [-0.39, 0.29) is 6.01 Å². The molecule has 58 valence electrons. The smallest absolute Gasteiger partial charge is 0.385 e. The Morgan fingerprint density at radius 3 is 2.82 bits per heavy atom. The maximum atomic E-state index is 10.4. The van der Waals surface area contributed by atoms with Crippen LogP contribution >= 0.6 is 11.6 Å². The maximum Gasteiger partial charge on any atom is 0.399 e. The highest BCUT2D eigenvalue weighted by atomic mass is 35.5. The largest absolute Gasteiger partial charge is 0.399 e. The molecule has 0 saturated heterocycles. The third-order valence-electron chi connectivity index (χ3n) is 0.823. The second-order valence-electron chi connectivity index (χ2n) is 1.56. The number of hydrogen-bond acceptors (Lipinski definition) is 4. The number of carbonyl (C=O) groups excluding carboxylic acids is 2. The van der Waals surface area contributed by atoms with Gasteiger partial charge in [-0.05, 0) is 11.6 Å². The Labute approximate surface area is 66.3 Å². The molecule has 11 heavy (non-hydrogen) atoms. The normalized spacial score (nSPS) is 9.18. The molecule has 1 heterocycles. The summed E-state index contributed by atoms with van der Waals surface area (Å²) in [6.45, 7) is 0. The number of ether oxygens (including phenoxy) is 1. The number of hydrogen-bond donors (Lipinski definition) is 1. The van der Waals surface area contributed by atoms with E-state index in [2.05, 4.69) is 14.7 Å². The van der Waals surface area contributed by atoms with Crippen molar-refractivity contribution in [3.05, 3.63) is 12.4 Å². The molecule has 0 radical (unpaired) electrons. The number of rotatable bonds is 2. The lowest BCUT2D eigenvalue weighted by Crippen LogP contribution is -2.15. The van der Waals surface area contributed by atoms with Crippen LogP contribution in [-0.2, 0) is 9.59 Å². The molecule has 0 saturated carbocycles. The van der Waals surface area contributed by atoms with Gasteiger partial charge >= 0.3 is 17.2 Å². The summed E-state index contributed by atoms with van der Waals surface area (Å²) in [4.78, 5) is 26.6. The van der Waals surface area contributed by atoms with E-state index in [1.807, 2.05) is 0 Å². The van der Waals surface area contributed by atoms with Crippen LogP contribution in [0.4, 0.5) is 0 Å². The van der Waals surface area contributed by atoms with Crippen LogP contribution in [0.1, 0.15) is 0 Å². The SMILES string of the molecule is O=C(Cl)C(=O)Oc1ncc[nH]1. The van der Waals surface area contributed by atoms with Crippen molar-refractivity contribution < 1.29 is 14.3 Å². The highest BCUT2D eigenvalue weighted by molar-refractivity contribution is 6.80. The summed E-state index contributed by atoms with van der Waals surface area (Å²) in [7, 11) is 0. The van der Waals surface area contributed by atoms with Gasteiger partial charge in [-0.1, -0.05) is 0 Å². The first-order chi connectivity index (χ1) is 5.20. The van der Waals surface area contributed by atoms with E-state index in [9.17, 15) is 9.59 Å². The van der Waals surface area contributed by atoms with Crippen LogP contribution in [0.2, 0.25) is 0 Å². The van der Waals surface area contributed by atoms with Gasteiger partial charge in [0.2, 0.25) is 0 Å². The van der Waals surface area contributed by atoms with Gasteiger partial charge in [-0.2, -0.15) is 0 Å². The zero-order valence-corrected chi connectivity index (χ0v) is 5.96. The van der Waals surface area contributed by atoms with Crippen molar-refractivity contribution in [1.82, 2.24) is 9.97 Å². The number of nitrogens with one attached hydrogen (secondary N) is 1. The molecule has 0 aliphatic rings. The topological polar surface area (TPSA) is 72.1 Å². The zero-order chi connectivity index (χ0) is 8.27. The molecule has 1 aromatic rings. The molecule has 0 unspecified atom stereocenters. The van der Waals surface area contributed by atoms with Crippen LogP contribution in [0.15, 0.2) is 12.4 Å². The van der Waals surface area contributed by atoms with Crippen LogP contribution in [0.3, 0.4) is 0 Å². The lowest BCUT2D eigenvalue weighted by atomic mass is 10.8. The average Bonchev–Trinajstić information content (AvgIpc) is 2.39. The second kappa shape index (κ2) is 3.16. The van der Waals surface area contributed by atoms with Crippen molar-refractivity contribution in [2.24, 2.45) is 0 Å². The highest BCUT2D eigenvalue weighted by Gasteiger charge is 2.13. The van der Waals surface area contributed by atoms with E-state index in [1.165, 1.54) is 12.4 Å². The van der Waals surface area contributed by atoms with Gasteiger partial charge in [0.15, 0.2) is 0 Å². The van der Waals surface area contributed by atoms with Crippen molar-refractivity contribution >= 4 is 22.8 Å². The minimum atomic E-state index is -1.18. The quantitative estimate of drug-likeness (QED) is 0.392. The van der Waals surface area contributed by atoms with Gasteiger partial charge in [-0.25, -0.2) is 9.78 Å². The Kier molecular flexibility index (Phi) is 2.22. The van der Waals surface area contributed by atoms with Gasteiger partial charge < -0.3 is 9.72 Å². The number of imidazole rings is 1. The molecule has 0 aliphatic carbocycles. The maximum absolute atomic E-state index is 10.4. The molecule has 1 N–H and O–H groups in total. The number of aromatic amines is 1. The molecule has 1 rings (SSSR count). The third-order valence-corrected chi connectivity index (χ3v) is 0.977. The first-order valence-electron chi connectivity index (χ1n) is 2.61. The molecule has 0 spiro atoms. The van der Waals surface area contributed by atoms with Crippen molar-refractivity contribution in [2.45, 2.75) is 0 Å². The minimum absolute atomic E-state index is 0.0519. The van der Waals surface area contributed by atoms with Gasteiger partial charge in [-0.3, -0.25) is 4.79 Å². The number of aromatic nitrogens is 2. The van der Waals surface area contributed by atoms with Crippen molar-refractivity contribution in [2.75, 3.05) is 0 Å². The van der Waals surface area contributed by atoms with Crippen molar-refractivity contribution in [3.63, 3.8) is 0 Å². The summed E-state index contributed by atoms with van der Waals surface area (Å²) in [5.74, 6) is -1.15. The van der Waals surface area contributed by atoms with Gasteiger partial charge in [-0.15, -0.1) is 0 Å². The Morgan fingerprint density at radius 2 is 2.36 bits per heavy atom. The summed E-state index contributed by atoms with van der Waals surface area (Å²) in [5.41, 5.74) is 0. The van der Waals surface area contributed by atoms with Crippen molar-refractivity contribution in [3.8, 4) is 6.01 Å². The molecule has 5 nitrogen and oxygen atoms in total. The Balaban J connectivity index is 2.57. The summed E-state index contributed by atoms with van der Waals surface area (Å²) < 4.78 is 4.33. The fraction of sp³-hybridized carbons (Fsp3) is 0. The molecule has 0 amide bonds. The molecule has 1 aromatic heterocycles. The molecule has 0 aromatic carbocycles. The number of halogens is 1. The molecule has 0 atom stereocenters. The fourth-order valence-corrected chi connectivity index (χ4v) is 0.473. The summed E-state index contributed by atoms with van der Waals surface area (Å²) in [6.07, 6.45) is 2.82. The Morgan fingerprint density at radius 1 is 1.64 bits per heavy atom. The number of carbonyl (C=O) groups is 2. The van der Waals surface area contributed by atoms with E-state index in [1.54, 1.807) is 0 Å². The number of H-pyrrole nitrogens is 1. The number of esters is 1. The summed E-state index contributed by atoms with van der Waals surface area (Å²) in [6, 6.07) is -0.0519. The fourth-order valence-electron chi connectivity index (χ4n) is 0.435. The van der Waals surface area contributed by atoms with Gasteiger partial charge in [0.05, 0.1) is 0 Å². The van der Waals surface area contributed by atoms with E-state index in [4.69, 9.17) is 11.6 Å². The highest BCUT2D eigenvalue weighted by Crippen LogP contribution is 1.99. The van der Waals surface area contributed by atoms with Crippen molar-refractivity contribution in [1.29, 1.82) is 0 Å². The standard InChI is InChI=1S/C5H3ClN2O3/c6-3(9)4(10)11-5-7-1-2-8-5/h1-2H,(H,7,8). The van der Waals surface area contributed by atoms with Crippen LogP contribution in [0.5, 0.6) is 6.01 Å². The lowest BCUT2D eigenvalue weighted by molar-refractivity contribution is -0.143. The van der Waals surface area contributed by atoms with Crippen LogP contribution in [0, 0.1) is 0 Å². The number of nitrogens with zero attached hydrogens (tertiary/aromatic N) is 1. The molecule has 0 aliphatic heterocycles. The Hall–Kier alpha value is -1.36. The van der Waals surface area contributed by atoms with E-state index in [0.29, 0.717) is 0 Å². The molecule has 0 bridgehead atoms. The molecular weight excluding hydrogens is 172 g/mol. The van der Waals surface area contributed by atoms with Crippen LogP contribution in [0.25, 0.3) is 0 Å². The van der Waals surface area contributed by atoms with E-state index in [0.717, 1.165) is 0 Å². The monoisotopic (exact) mass is 174 g/mol. The first kappa shape index (κ1) is 7.74. The average molecular weight is 175 g/mol. The molecular formula is C5H3ClN2O3. The van der Waals surface area contributed by atoms with Crippen LogP contribution < -0.4 is 4.74 Å². The first-order valence-corrected chi connectivity index (χ1v) is 2.99. The van der Waals surface area contributed by atoms with Gasteiger partial charge in [0, 0.05) is 12.4 Å². The lowest BCUT2D eigenvalue weighted by Gasteiger charge is -1.92. The predicted octanol–water partition coefficient (Wildman–Crippen LogP) is 0.0805. The predicted molar refractivity (Wildman–Crippen MR) is 35.1 cm³/mol. The van der Waals surface area contributed by atoms with Crippen LogP contribution in [-0.4, -0.2) is 21.2 Å². The summed E-state index contributed by atoms with van der Waals surface area (Å²) >= 11 is 4.79. The summed E-state index contributed by atoms with van der Waals surface area (Å²) in [5, 5.41) is -1.18. The second-order valence-corrected chi connectivity index (χ2v) is 1.90.